The Bertz CT molecular complexity index is 626. The van der Waals surface area contributed by atoms with Gasteiger partial charge in [0.2, 0.25) is 0 Å². The molecule has 0 saturated carbocycles. The van der Waals surface area contributed by atoms with E-state index in [9.17, 15) is 9.90 Å². The number of carbonyl (C=O) groups is 1. The Balaban J connectivity index is 2.29. The Hall–Kier alpha value is -2.53. The van der Waals surface area contributed by atoms with E-state index >= 15 is 0 Å². The van der Waals surface area contributed by atoms with Gasteiger partial charge in [0.1, 0.15) is 11.9 Å². The quantitative estimate of drug-likeness (QED) is 0.830. The maximum atomic E-state index is 11.8. The Kier molecular flexibility index (Phi) is 5.60. The van der Waals surface area contributed by atoms with Gasteiger partial charge < -0.3 is 9.84 Å². The first kappa shape index (κ1) is 16.8. The number of amides is 1. The van der Waals surface area contributed by atoms with E-state index in [0.717, 1.165) is 16.9 Å². The fraction of sp³-hybridized carbons (Fsp3) is 0.278. The molecule has 23 heavy (non-hydrogen) atoms. The Morgan fingerprint density at radius 3 is 2.17 bits per heavy atom. The summed E-state index contributed by atoms with van der Waals surface area (Å²) in [5, 5.41) is 9.69. The molecule has 0 aliphatic heterocycles. The number of hydrogen-bond acceptors (Lipinski definition) is 3. The molecule has 1 unspecified atom stereocenters. The molecular formula is C18H22N2O3. The number of benzene rings is 2. The first-order valence-electron chi connectivity index (χ1n) is 7.37. The lowest BCUT2D eigenvalue weighted by Gasteiger charge is -2.34. The van der Waals surface area contributed by atoms with Crippen LogP contribution in [0.5, 0.6) is 5.75 Å². The topological polar surface area (TPSA) is 53.0 Å². The van der Waals surface area contributed by atoms with Crippen LogP contribution < -0.4 is 4.74 Å². The molecule has 2 aromatic carbocycles. The summed E-state index contributed by atoms with van der Waals surface area (Å²) in [6, 6.07) is 17.1. The molecule has 0 spiro atoms. The zero-order valence-electron chi connectivity index (χ0n) is 13.6. The highest BCUT2D eigenvalue weighted by Gasteiger charge is 2.26. The Morgan fingerprint density at radius 1 is 1.09 bits per heavy atom. The van der Waals surface area contributed by atoms with Crippen molar-refractivity contribution in [2.75, 3.05) is 21.2 Å². The highest BCUT2D eigenvalue weighted by Crippen LogP contribution is 2.25. The van der Waals surface area contributed by atoms with E-state index in [-0.39, 0.29) is 6.17 Å². The molecule has 5 nitrogen and oxygen atoms in total. The van der Waals surface area contributed by atoms with Crippen molar-refractivity contribution in [3.05, 3.63) is 65.7 Å². The number of hydrogen-bond donors (Lipinski definition) is 1. The second kappa shape index (κ2) is 7.65. The lowest BCUT2D eigenvalue weighted by molar-refractivity contribution is 0.0642. The SMILES string of the molecule is COc1ccc(CN(C(=O)O)C(c2ccccc2)N(C)C)cc1. The third kappa shape index (κ3) is 4.23. The number of methoxy groups -OCH3 is 1. The van der Waals surface area contributed by atoms with Gasteiger partial charge >= 0.3 is 6.09 Å². The molecule has 0 saturated heterocycles. The number of rotatable bonds is 6. The number of carboxylic acid groups (broad SMARTS) is 1. The van der Waals surface area contributed by atoms with E-state index in [1.165, 1.54) is 4.90 Å². The van der Waals surface area contributed by atoms with Crippen LogP contribution in [0.25, 0.3) is 0 Å². The van der Waals surface area contributed by atoms with E-state index in [1.807, 2.05) is 73.6 Å². The summed E-state index contributed by atoms with van der Waals surface area (Å²) in [6.07, 6.45) is -1.31. The van der Waals surface area contributed by atoms with E-state index < -0.39 is 6.09 Å². The van der Waals surface area contributed by atoms with Crippen molar-refractivity contribution < 1.29 is 14.6 Å². The molecular weight excluding hydrogens is 292 g/mol. The van der Waals surface area contributed by atoms with Crippen LogP contribution in [0.3, 0.4) is 0 Å². The molecule has 0 aliphatic rings. The first-order valence-corrected chi connectivity index (χ1v) is 7.37. The molecule has 2 rings (SSSR count). The van der Waals surface area contributed by atoms with Crippen molar-refractivity contribution in [2.45, 2.75) is 12.7 Å². The fourth-order valence-corrected chi connectivity index (χ4v) is 2.57. The first-order chi connectivity index (χ1) is 11.0. The number of nitrogens with zero attached hydrogens (tertiary/aromatic N) is 2. The van der Waals surface area contributed by atoms with E-state index in [1.54, 1.807) is 7.11 Å². The van der Waals surface area contributed by atoms with Crippen molar-refractivity contribution in [3.8, 4) is 5.75 Å². The summed E-state index contributed by atoms with van der Waals surface area (Å²) in [4.78, 5) is 15.1. The number of ether oxygens (including phenoxy) is 1. The standard InChI is InChI=1S/C18H22N2O3/c1-19(2)17(15-7-5-4-6-8-15)20(18(21)22)13-14-9-11-16(23-3)12-10-14/h4-12,17H,13H2,1-3H3,(H,21,22). The largest absolute Gasteiger partial charge is 0.497 e. The summed E-state index contributed by atoms with van der Waals surface area (Å²) < 4.78 is 5.14. The summed E-state index contributed by atoms with van der Waals surface area (Å²) in [5.74, 6) is 0.753. The third-order valence-electron chi connectivity index (χ3n) is 3.64. The van der Waals surface area contributed by atoms with Gasteiger partial charge in [0, 0.05) is 0 Å². The predicted molar refractivity (Wildman–Crippen MR) is 89.4 cm³/mol. The van der Waals surface area contributed by atoms with Gasteiger partial charge in [-0.1, -0.05) is 42.5 Å². The monoisotopic (exact) mass is 314 g/mol. The van der Waals surface area contributed by atoms with E-state index in [0.29, 0.717) is 6.54 Å². The fourth-order valence-electron chi connectivity index (χ4n) is 2.57. The molecule has 1 N–H and O–H groups in total. The maximum Gasteiger partial charge on any atom is 0.409 e. The molecule has 1 amide bonds. The van der Waals surface area contributed by atoms with Crippen molar-refractivity contribution in [2.24, 2.45) is 0 Å². The minimum absolute atomic E-state index is 0.303. The van der Waals surface area contributed by atoms with Crippen molar-refractivity contribution in [1.82, 2.24) is 9.80 Å². The van der Waals surface area contributed by atoms with Crippen LogP contribution in [0.1, 0.15) is 17.3 Å². The lowest BCUT2D eigenvalue weighted by Crippen LogP contribution is -2.40. The van der Waals surface area contributed by atoms with Crippen LogP contribution in [0.2, 0.25) is 0 Å². The molecule has 5 heteroatoms. The van der Waals surface area contributed by atoms with Crippen LogP contribution in [0.4, 0.5) is 4.79 Å². The normalized spacial score (nSPS) is 12.0. The van der Waals surface area contributed by atoms with Crippen molar-refractivity contribution in [3.63, 3.8) is 0 Å². The van der Waals surface area contributed by atoms with Gasteiger partial charge in [0.15, 0.2) is 0 Å². The second-order valence-electron chi connectivity index (χ2n) is 5.51. The molecule has 0 fully saturated rings. The average Bonchev–Trinajstić information content (AvgIpc) is 2.55. The smallest absolute Gasteiger partial charge is 0.409 e. The van der Waals surface area contributed by atoms with Gasteiger partial charge in [-0.25, -0.2) is 4.79 Å². The summed E-state index contributed by atoms with van der Waals surface area (Å²) in [7, 11) is 5.36. The predicted octanol–water partition coefficient (Wildman–Crippen LogP) is 3.44. The zero-order chi connectivity index (χ0) is 16.8. The van der Waals surface area contributed by atoms with Gasteiger partial charge in [-0.15, -0.1) is 0 Å². The molecule has 0 radical (unpaired) electrons. The third-order valence-corrected chi connectivity index (χ3v) is 3.64. The van der Waals surface area contributed by atoms with Gasteiger partial charge in [-0.3, -0.25) is 9.80 Å². The van der Waals surface area contributed by atoms with Crippen LogP contribution in [-0.2, 0) is 6.54 Å². The van der Waals surface area contributed by atoms with Gasteiger partial charge in [-0.05, 0) is 37.4 Å². The minimum atomic E-state index is -0.955. The lowest BCUT2D eigenvalue weighted by atomic mass is 10.1. The second-order valence-corrected chi connectivity index (χ2v) is 5.51. The minimum Gasteiger partial charge on any atom is -0.497 e. The Labute approximate surface area is 136 Å². The molecule has 0 bridgehead atoms. The Morgan fingerprint density at radius 2 is 1.70 bits per heavy atom. The molecule has 122 valence electrons. The van der Waals surface area contributed by atoms with Gasteiger partial charge in [0.05, 0.1) is 13.7 Å². The summed E-state index contributed by atoms with van der Waals surface area (Å²) in [6.45, 7) is 0.303. The molecule has 0 aromatic heterocycles. The highest BCUT2D eigenvalue weighted by atomic mass is 16.5. The van der Waals surface area contributed by atoms with Crippen molar-refractivity contribution >= 4 is 6.09 Å². The summed E-state index contributed by atoms with van der Waals surface area (Å²) in [5.41, 5.74) is 1.85. The molecule has 1 atom stereocenters. The van der Waals surface area contributed by atoms with Gasteiger partial charge in [0.25, 0.3) is 0 Å². The molecule has 0 heterocycles. The zero-order valence-corrected chi connectivity index (χ0v) is 13.6. The van der Waals surface area contributed by atoms with E-state index in [4.69, 9.17) is 4.74 Å². The molecule has 2 aromatic rings. The van der Waals surface area contributed by atoms with Crippen LogP contribution >= 0.6 is 0 Å². The average molecular weight is 314 g/mol. The summed E-state index contributed by atoms with van der Waals surface area (Å²) >= 11 is 0. The maximum absolute atomic E-state index is 11.8. The molecule has 0 aliphatic carbocycles. The van der Waals surface area contributed by atoms with Crippen LogP contribution in [0, 0.1) is 0 Å². The van der Waals surface area contributed by atoms with Crippen LogP contribution in [-0.4, -0.2) is 42.2 Å². The van der Waals surface area contributed by atoms with Gasteiger partial charge in [-0.2, -0.15) is 0 Å². The van der Waals surface area contributed by atoms with E-state index in [2.05, 4.69) is 0 Å². The highest BCUT2D eigenvalue weighted by molar-refractivity contribution is 5.65. The van der Waals surface area contributed by atoms with Crippen LogP contribution in [0.15, 0.2) is 54.6 Å². The van der Waals surface area contributed by atoms with Crippen molar-refractivity contribution in [1.29, 1.82) is 0 Å².